The highest BCUT2D eigenvalue weighted by Crippen LogP contribution is 2.31. The Labute approximate surface area is 185 Å². The quantitative estimate of drug-likeness (QED) is 0.424. The van der Waals surface area contributed by atoms with Crippen LogP contribution in [0.15, 0.2) is 79.5 Å². The minimum atomic E-state index is 0.435. The Kier molecular flexibility index (Phi) is 5.21. The van der Waals surface area contributed by atoms with E-state index in [1.54, 1.807) is 6.33 Å². The number of ether oxygens (including phenoxy) is 1. The molecule has 5 rings (SSSR count). The van der Waals surface area contributed by atoms with Crippen molar-refractivity contribution in [3.05, 3.63) is 90.9 Å². The Morgan fingerprint density at radius 1 is 0.969 bits per heavy atom. The standard InChI is InChI=1S/C25H22N6O/c1-17-4-3-5-23(29-17)25-22(13-28-30-25)19-10-11-26-24(12-19)18-6-8-21(9-7-18)32-15-20-14-31(2)16-27-20/h3-14,16H,15H2,1-2H3,(H,28,30). The van der Waals surface area contributed by atoms with E-state index in [0.29, 0.717) is 6.61 Å². The van der Waals surface area contributed by atoms with Crippen LogP contribution in [-0.2, 0) is 13.7 Å². The predicted molar refractivity (Wildman–Crippen MR) is 123 cm³/mol. The lowest BCUT2D eigenvalue weighted by molar-refractivity contribution is 0.302. The molecule has 0 radical (unpaired) electrons. The fourth-order valence-corrected chi connectivity index (χ4v) is 3.56. The van der Waals surface area contributed by atoms with Gasteiger partial charge < -0.3 is 9.30 Å². The van der Waals surface area contributed by atoms with Crippen LogP contribution in [0.5, 0.6) is 5.75 Å². The van der Waals surface area contributed by atoms with Crippen LogP contribution in [-0.4, -0.2) is 29.7 Å². The average Bonchev–Trinajstić information content (AvgIpc) is 3.47. The van der Waals surface area contributed by atoms with Crippen LogP contribution in [0.2, 0.25) is 0 Å². The second-order valence-corrected chi connectivity index (χ2v) is 7.60. The Hall–Kier alpha value is -4.26. The summed E-state index contributed by atoms with van der Waals surface area (Å²) < 4.78 is 7.74. The molecule has 158 valence electrons. The molecule has 1 N–H and O–H groups in total. The van der Waals surface area contributed by atoms with E-state index in [-0.39, 0.29) is 0 Å². The van der Waals surface area contributed by atoms with Crippen LogP contribution in [0.3, 0.4) is 0 Å². The van der Waals surface area contributed by atoms with E-state index in [1.807, 2.05) is 85.7 Å². The van der Waals surface area contributed by atoms with Crippen molar-refractivity contribution in [1.82, 2.24) is 29.7 Å². The van der Waals surface area contributed by atoms with E-state index in [2.05, 4.69) is 31.2 Å². The molecule has 0 atom stereocenters. The van der Waals surface area contributed by atoms with E-state index in [4.69, 9.17) is 4.74 Å². The number of hydrogen-bond donors (Lipinski definition) is 1. The average molecular weight is 422 g/mol. The SMILES string of the molecule is Cc1cccc(-c2[nH]ncc2-c2ccnc(-c3ccc(OCc4cn(C)cn4)cc3)c2)n1. The van der Waals surface area contributed by atoms with E-state index in [0.717, 1.165) is 50.9 Å². The summed E-state index contributed by atoms with van der Waals surface area (Å²) in [5.74, 6) is 0.790. The number of H-pyrrole nitrogens is 1. The fourth-order valence-electron chi connectivity index (χ4n) is 3.56. The molecular formula is C25H22N6O. The van der Waals surface area contributed by atoms with Gasteiger partial charge in [0.25, 0.3) is 0 Å². The highest BCUT2D eigenvalue weighted by atomic mass is 16.5. The zero-order valence-corrected chi connectivity index (χ0v) is 17.9. The first kappa shape index (κ1) is 19.7. The summed E-state index contributed by atoms with van der Waals surface area (Å²) in [5.41, 5.74) is 7.52. The van der Waals surface area contributed by atoms with Crippen LogP contribution in [0, 0.1) is 6.92 Å². The molecule has 0 spiro atoms. The topological polar surface area (TPSA) is 81.5 Å². The number of benzene rings is 1. The summed E-state index contributed by atoms with van der Waals surface area (Å²) in [4.78, 5) is 13.5. The maximum Gasteiger partial charge on any atom is 0.132 e. The molecule has 7 nitrogen and oxygen atoms in total. The normalized spacial score (nSPS) is 10.9. The zero-order valence-electron chi connectivity index (χ0n) is 17.9. The first-order valence-corrected chi connectivity index (χ1v) is 10.3. The summed E-state index contributed by atoms with van der Waals surface area (Å²) in [7, 11) is 1.94. The van der Waals surface area contributed by atoms with Gasteiger partial charge in [-0.3, -0.25) is 15.1 Å². The summed E-state index contributed by atoms with van der Waals surface area (Å²) >= 11 is 0. The van der Waals surface area contributed by atoms with Gasteiger partial charge in [0.2, 0.25) is 0 Å². The molecule has 1 aromatic carbocycles. The van der Waals surface area contributed by atoms with Crippen LogP contribution in [0.1, 0.15) is 11.4 Å². The lowest BCUT2D eigenvalue weighted by Crippen LogP contribution is -1.95. The summed E-state index contributed by atoms with van der Waals surface area (Å²) in [6.07, 6.45) is 7.35. The molecule has 5 aromatic rings. The van der Waals surface area contributed by atoms with Crippen molar-refractivity contribution in [3.63, 3.8) is 0 Å². The third kappa shape index (κ3) is 4.13. The lowest BCUT2D eigenvalue weighted by Gasteiger charge is -2.08. The lowest BCUT2D eigenvalue weighted by atomic mass is 10.0. The number of aromatic nitrogens is 6. The molecule has 0 fully saturated rings. The van der Waals surface area contributed by atoms with Gasteiger partial charge in [0.15, 0.2) is 0 Å². The zero-order chi connectivity index (χ0) is 21.9. The molecule has 32 heavy (non-hydrogen) atoms. The number of imidazole rings is 1. The van der Waals surface area contributed by atoms with E-state index in [9.17, 15) is 0 Å². The molecule has 4 aromatic heterocycles. The first-order chi connectivity index (χ1) is 15.7. The molecule has 7 heteroatoms. The molecule has 0 saturated heterocycles. The number of nitrogens with zero attached hydrogens (tertiary/aromatic N) is 5. The highest BCUT2D eigenvalue weighted by molar-refractivity contribution is 5.80. The van der Waals surface area contributed by atoms with Crippen LogP contribution >= 0.6 is 0 Å². The van der Waals surface area contributed by atoms with E-state index < -0.39 is 0 Å². The van der Waals surface area contributed by atoms with Crippen molar-refractivity contribution in [3.8, 4) is 39.5 Å². The number of aryl methyl sites for hydroxylation is 2. The van der Waals surface area contributed by atoms with Gasteiger partial charge >= 0.3 is 0 Å². The number of aromatic amines is 1. The highest BCUT2D eigenvalue weighted by Gasteiger charge is 2.12. The monoisotopic (exact) mass is 422 g/mol. The van der Waals surface area contributed by atoms with Crippen molar-refractivity contribution in [2.24, 2.45) is 7.05 Å². The second-order valence-electron chi connectivity index (χ2n) is 7.60. The minimum Gasteiger partial charge on any atom is -0.487 e. The van der Waals surface area contributed by atoms with Gasteiger partial charge in [0.1, 0.15) is 12.4 Å². The summed E-state index contributed by atoms with van der Waals surface area (Å²) in [6, 6.07) is 17.9. The smallest absolute Gasteiger partial charge is 0.132 e. The molecule has 0 aliphatic heterocycles. The Balaban J connectivity index is 1.37. The van der Waals surface area contributed by atoms with Crippen LogP contribution in [0.4, 0.5) is 0 Å². The fraction of sp³-hybridized carbons (Fsp3) is 0.120. The van der Waals surface area contributed by atoms with Crippen molar-refractivity contribution in [2.75, 3.05) is 0 Å². The predicted octanol–water partition coefficient (Wildman–Crippen LogP) is 4.82. The van der Waals surface area contributed by atoms with Gasteiger partial charge in [-0.05, 0) is 61.0 Å². The summed E-state index contributed by atoms with van der Waals surface area (Å²) in [6.45, 7) is 2.41. The van der Waals surface area contributed by atoms with Gasteiger partial charge in [-0.1, -0.05) is 6.07 Å². The molecule has 0 unspecified atom stereocenters. The van der Waals surface area contributed by atoms with Gasteiger partial charge in [-0.25, -0.2) is 4.98 Å². The van der Waals surface area contributed by atoms with Crippen LogP contribution in [0.25, 0.3) is 33.8 Å². The molecule has 0 saturated carbocycles. The van der Waals surface area contributed by atoms with Crippen LogP contribution < -0.4 is 4.74 Å². The second kappa shape index (κ2) is 8.47. The van der Waals surface area contributed by atoms with Gasteiger partial charge in [-0.2, -0.15) is 5.10 Å². The number of pyridine rings is 2. The number of rotatable bonds is 6. The summed E-state index contributed by atoms with van der Waals surface area (Å²) in [5, 5.41) is 7.34. The molecule has 4 heterocycles. The van der Waals surface area contributed by atoms with Crippen molar-refractivity contribution in [2.45, 2.75) is 13.5 Å². The molecule has 0 aliphatic rings. The van der Waals surface area contributed by atoms with Crippen molar-refractivity contribution in [1.29, 1.82) is 0 Å². The largest absolute Gasteiger partial charge is 0.487 e. The van der Waals surface area contributed by atoms with E-state index >= 15 is 0 Å². The molecular weight excluding hydrogens is 400 g/mol. The minimum absolute atomic E-state index is 0.435. The van der Waals surface area contributed by atoms with Gasteiger partial charge in [0, 0.05) is 36.3 Å². The third-order valence-electron chi connectivity index (χ3n) is 5.15. The van der Waals surface area contributed by atoms with E-state index in [1.165, 1.54) is 0 Å². The number of hydrogen-bond acceptors (Lipinski definition) is 5. The Morgan fingerprint density at radius 2 is 1.84 bits per heavy atom. The first-order valence-electron chi connectivity index (χ1n) is 10.3. The van der Waals surface area contributed by atoms with Crippen molar-refractivity contribution < 1.29 is 4.74 Å². The van der Waals surface area contributed by atoms with Gasteiger partial charge in [0.05, 0.1) is 35.3 Å². The third-order valence-corrected chi connectivity index (χ3v) is 5.15. The maximum absolute atomic E-state index is 5.84. The number of nitrogens with one attached hydrogen (secondary N) is 1. The molecule has 0 amide bonds. The van der Waals surface area contributed by atoms with Gasteiger partial charge in [-0.15, -0.1) is 0 Å². The maximum atomic E-state index is 5.84. The molecule has 0 aliphatic carbocycles. The Bertz CT molecular complexity index is 1350. The Morgan fingerprint density at radius 3 is 2.62 bits per heavy atom. The van der Waals surface area contributed by atoms with Crippen molar-refractivity contribution >= 4 is 0 Å². The molecule has 0 bridgehead atoms.